The molecule has 3 N–H and O–H groups in total. The molecule has 0 bridgehead atoms. The van der Waals surface area contributed by atoms with Crippen molar-refractivity contribution < 1.29 is 22.7 Å². The lowest BCUT2D eigenvalue weighted by molar-refractivity contribution is -0.118. The maximum atomic E-state index is 12.7. The summed E-state index contributed by atoms with van der Waals surface area (Å²) >= 11 is 6.08. The second-order valence-electron chi connectivity index (χ2n) is 5.96. The van der Waals surface area contributed by atoms with Crippen molar-refractivity contribution in [2.24, 2.45) is 5.73 Å². The zero-order chi connectivity index (χ0) is 21.6. The number of carbonyl (C=O) groups excluding carboxylic acids is 2. The fourth-order valence-electron chi connectivity index (χ4n) is 2.54. The SMILES string of the molecule is CCN(CC)S(=O)(=O)c1cc(NC(=O)COc2ccc(C(N)=O)cc2)ccc1Cl. The summed E-state index contributed by atoms with van der Waals surface area (Å²) in [5, 5.41) is 2.65. The number of hydrogen-bond donors (Lipinski definition) is 2. The van der Waals surface area contributed by atoms with Gasteiger partial charge in [-0.3, -0.25) is 9.59 Å². The number of rotatable bonds is 9. The lowest BCUT2D eigenvalue weighted by Crippen LogP contribution is -2.31. The lowest BCUT2D eigenvalue weighted by atomic mass is 10.2. The third-order valence-electron chi connectivity index (χ3n) is 4.05. The quantitative estimate of drug-likeness (QED) is 0.622. The highest BCUT2D eigenvalue weighted by Gasteiger charge is 2.25. The van der Waals surface area contributed by atoms with E-state index < -0.39 is 21.8 Å². The number of ether oxygens (including phenoxy) is 1. The normalized spacial score (nSPS) is 11.3. The minimum atomic E-state index is -3.78. The van der Waals surface area contributed by atoms with Gasteiger partial charge in [0.05, 0.1) is 5.02 Å². The lowest BCUT2D eigenvalue weighted by Gasteiger charge is -2.19. The van der Waals surface area contributed by atoms with Gasteiger partial charge in [-0.15, -0.1) is 0 Å². The van der Waals surface area contributed by atoms with Crippen LogP contribution in [0.3, 0.4) is 0 Å². The van der Waals surface area contributed by atoms with Crippen LogP contribution in [0, 0.1) is 0 Å². The Bertz CT molecular complexity index is 989. The van der Waals surface area contributed by atoms with Gasteiger partial charge >= 0.3 is 0 Å². The fourth-order valence-corrected chi connectivity index (χ4v) is 4.50. The number of nitrogens with zero attached hydrogens (tertiary/aromatic N) is 1. The van der Waals surface area contributed by atoms with Gasteiger partial charge in [-0.25, -0.2) is 8.42 Å². The van der Waals surface area contributed by atoms with E-state index in [0.717, 1.165) is 0 Å². The van der Waals surface area contributed by atoms with Gasteiger partial charge in [-0.05, 0) is 42.5 Å². The number of sulfonamides is 1. The van der Waals surface area contributed by atoms with Crippen LogP contribution < -0.4 is 15.8 Å². The summed E-state index contributed by atoms with van der Waals surface area (Å²) in [6, 6.07) is 10.2. The number of anilines is 1. The highest BCUT2D eigenvalue weighted by Crippen LogP contribution is 2.27. The number of amides is 2. The molecular formula is C19H22ClN3O5S. The summed E-state index contributed by atoms with van der Waals surface area (Å²) in [6.07, 6.45) is 0. The van der Waals surface area contributed by atoms with Gasteiger partial charge in [0.2, 0.25) is 15.9 Å². The maximum absolute atomic E-state index is 12.7. The summed E-state index contributed by atoms with van der Waals surface area (Å²) in [5.41, 5.74) is 5.76. The molecular weight excluding hydrogens is 418 g/mol. The van der Waals surface area contributed by atoms with Crippen LogP contribution in [0.25, 0.3) is 0 Å². The molecule has 29 heavy (non-hydrogen) atoms. The van der Waals surface area contributed by atoms with Gasteiger partial charge in [-0.2, -0.15) is 4.31 Å². The standard InChI is InChI=1S/C19H22ClN3O5S/c1-3-23(4-2)29(26,27)17-11-14(7-10-16(17)20)22-18(24)12-28-15-8-5-13(6-9-15)19(21)25/h5-11H,3-4,12H2,1-2H3,(H2,21,25)(H,22,24). The first-order valence-electron chi connectivity index (χ1n) is 8.81. The first-order chi connectivity index (χ1) is 13.7. The molecule has 0 radical (unpaired) electrons. The van der Waals surface area contributed by atoms with Crippen LogP contribution in [0.4, 0.5) is 5.69 Å². The smallest absolute Gasteiger partial charge is 0.262 e. The van der Waals surface area contributed by atoms with E-state index in [2.05, 4.69) is 5.32 Å². The number of benzene rings is 2. The highest BCUT2D eigenvalue weighted by molar-refractivity contribution is 7.89. The molecule has 156 valence electrons. The summed E-state index contributed by atoms with van der Waals surface area (Å²) in [4.78, 5) is 23.1. The molecule has 0 unspecified atom stereocenters. The van der Waals surface area contributed by atoms with Crippen LogP contribution in [0.15, 0.2) is 47.4 Å². The fraction of sp³-hybridized carbons (Fsp3) is 0.263. The van der Waals surface area contributed by atoms with Crippen LogP contribution in [0.2, 0.25) is 5.02 Å². The Morgan fingerprint density at radius 3 is 2.28 bits per heavy atom. The summed E-state index contributed by atoms with van der Waals surface area (Å²) in [7, 11) is -3.78. The molecule has 0 saturated carbocycles. The van der Waals surface area contributed by atoms with Crippen molar-refractivity contribution in [2.75, 3.05) is 25.0 Å². The Labute approximate surface area is 174 Å². The van der Waals surface area contributed by atoms with E-state index in [-0.39, 0.29) is 22.2 Å². The zero-order valence-electron chi connectivity index (χ0n) is 16.0. The number of carbonyl (C=O) groups is 2. The van der Waals surface area contributed by atoms with Crippen LogP contribution in [-0.2, 0) is 14.8 Å². The largest absolute Gasteiger partial charge is 0.484 e. The number of nitrogens with one attached hydrogen (secondary N) is 1. The molecule has 0 aliphatic carbocycles. The molecule has 0 saturated heterocycles. The number of nitrogens with two attached hydrogens (primary N) is 1. The molecule has 10 heteroatoms. The molecule has 8 nitrogen and oxygen atoms in total. The van der Waals surface area contributed by atoms with E-state index in [4.69, 9.17) is 22.1 Å². The minimum absolute atomic E-state index is 0.0701. The minimum Gasteiger partial charge on any atom is -0.484 e. The second-order valence-corrected chi connectivity index (χ2v) is 8.27. The van der Waals surface area contributed by atoms with E-state index in [0.29, 0.717) is 24.4 Å². The Balaban J connectivity index is 2.08. The highest BCUT2D eigenvalue weighted by atomic mass is 35.5. The van der Waals surface area contributed by atoms with E-state index in [9.17, 15) is 18.0 Å². The number of halogens is 1. The Morgan fingerprint density at radius 1 is 1.10 bits per heavy atom. The van der Waals surface area contributed by atoms with Gasteiger partial charge in [0.1, 0.15) is 10.6 Å². The van der Waals surface area contributed by atoms with Crippen LogP contribution >= 0.6 is 11.6 Å². The van der Waals surface area contributed by atoms with E-state index in [1.54, 1.807) is 13.8 Å². The topological polar surface area (TPSA) is 119 Å². The van der Waals surface area contributed by atoms with Crippen molar-refractivity contribution in [3.8, 4) is 5.75 Å². The zero-order valence-corrected chi connectivity index (χ0v) is 17.6. The second kappa shape index (κ2) is 9.73. The van der Waals surface area contributed by atoms with Gasteiger partial charge in [0.15, 0.2) is 6.61 Å². The average molecular weight is 440 g/mol. The maximum Gasteiger partial charge on any atom is 0.262 e. The molecule has 0 aliphatic rings. The Hall–Kier alpha value is -2.62. The van der Waals surface area contributed by atoms with E-state index in [1.165, 1.54) is 46.8 Å². The first kappa shape index (κ1) is 22.7. The van der Waals surface area contributed by atoms with Crippen molar-refractivity contribution in [3.05, 3.63) is 53.1 Å². The molecule has 2 amide bonds. The molecule has 0 atom stereocenters. The first-order valence-corrected chi connectivity index (χ1v) is 10.6. The third kappa shape index (κ3) is 5.69. The molecule has 0 heterocycles. The number of hydrogen-bond acceptors (Lipinski definition) is 5. The number of primary amides is 1. The van der Waals surface area contributed by atoms with Crippen LogP contribution in [0.1, 0.15) is 24.2 Å². The predicted molar refractivity (Wildman–Crippen MR) is 111 cm³/mol. The summed E-state index contributed by atoms with van der Waals surface area (Å²) in [6.45, 7) is 3.75. The van der Waals surface area contributed by atoms with Crippen molar-refractivity contribution in [2.45, 2.75) is 18.7 Å². The van der Waals surface area contributed by atoms with Crippen LogP contribution in [-0.4, -0.2) is 44.2 Å². The monoisotopic (exact) mass is 439 g/mol. The van der Waals surface area contributed by atoms with Crippen molar-refractivity contribution in [1.82, 2.24) is 4.31 Å². The molecule has 0 fully saturated rings. The van der Waals surface area contributed by atoms with E-state index >= 15 is 0 Å². The van der Waals surface area contributed by atoms with Crippen molar-refractivity contribution >= 4 is 39.1 Å². The summed E-state index contributed by atoms with van der Waals surface area (Å²) in [5.74, 6) is -0.670. The molecule has 0 spiro atoms. The van der Waals surface area contributed by atoms with Gasteiger partial charge < -0.3 is 15.8 Å². The Kier molecular flexibility index (Phi) is 7.60. The Morgan fingerprint density at radius 2 is 1.72 bits per heavy atom. The molecule has 2 aromatic rings. The average Bonchev–Trinajstić information content (AvgIpc) is 2.68. The van der Waals surface area contributed by atoms with Crippen molar-refractivity contribution in [3.63, 3.8) is 0 Å². The van der Waals surface area contributed by atoms with Crippen molar-refractivity contribution in [1.29, 1.82) is 0 Å². The molecule has 2 aromatic carbocycles. The van der Waals surface area contributed by atoms with Crippen LogP contribution in [0.5, 0.6) is 5.75 Å². The summed E-state index contributed by atoms with van der Waals surface area (Å²) < 4.78 is 32.0. The molecule has 0 aromatic heterocycles. The van der Waals surface area contributed by atoms with Gasteiger partial charge in [-0.1, -0.05) is 25.4 Å². The molecule has 2 rings (SSSR count). The predicted octanol–water partition coefficient (Wildman–Crippen LogP) is 2.49. The van der Waals surface area contributed by atoms with Gasteiger partial charge in [0, 0.05) is 24.3 Å². The molecule has 0 aliphatic heterocycles. The van der Waals surface area contributed by atoms with E-state index in [1.807, 2.05) is 0 Å². The van der Waals surface area contributed by atoms with Gasteiger partial charge in [0.25, 0.3) is 5.91 Å². The third-order valence-corrected chi connectivity index (χ3v) is 6.58.